The highest BCUT2D eigenvalue weighted by Crippen LogP contribution is 2.29. The van der Waals surface area contributed by atoms with Crippen LogP contribution < -0.4 is 14.4 Å². The average Bonchev–Trinajstić information content (AvgIpc) is 3.01. The Bertz CT molecular complexity index is 1480. The molecule has 0 fully saturated rings. The van der Waals surface area contributed by atoms with Crippen LogP contribution in [-0.4, -0.2) is 47.3 Å². The van der Waals surface area contributed by atoms with E-state index >= 15 is 0 Å². The summed E-state index contributed by atoms with van der Waals surface area (Å²) in [6.07, 6.45) is 1.68. The Morgan fingerprint density at radius 1 is 0.810 bits per heavy atom. The van der Waals surface area contributed by atoms with Gasteiger partial charge in [-0.05, 0) is 66.8 Å². The first-order chi connectivity index (χ1) is 20.4. The van der Waals surface area contributed by atoms with Gasteiger partial charge in [-0.15, -0.1) is 0 Å². The molecule has 216 valence electrons. The zero-order valence-electron chi connectivity index (χ0n) is 23.8. The van der Waals surface area contributed by atoms with E-state index in [9.17, 15) is 14.7 Å². The maximum atomic E-state index is 13.4. The topological polar surface area (TPSA) is 79.3 Å². The second-order valence-corrected chi connectivity index (χ2v) is 10.7. The molecule has 7 heteroatoms. The van der Waals surface area contributed by atoms with Crippen LogP contribution in [0.1, 0.15) is 30.0 Å². The number of hydrogen-bond acceptors (Lipinski definition) is 4. The van der Waals surface area contributed by atoms with Crippen molar-refractivity contribution >= 4 is 17.7 Å². The Kier molecular flexibility index (Phi) is 9.07. The number of hydrogen-bond donors (Lipinski definition) is 1. The molecule has 1 atom stereocenters. The van der Waals surface area contributed by atoms with Crippen molar-refractivity contribution < 1.29 is 24.2 Å². The lowest BCUT2D eigenvalue weighted by molar-refractivity contribution is -0.153. The van der Waals surface area contributed by atoms with Crippen molar-refractivity contribution in [1.29, 1.82) is 0 Å². The predicted molar refractivity (Wildman–Crippen MR) is 163 cm³/mol. The number of carboxylic acid groups (broad SMARTS) is 1. The molecule has 42 heavy (non-hydrogen) atoms. The zero-order chi connectivity index (χ0) is 29.4. The summed E-state index contributed by atoms with van der Waals surface area (Å²) in [5.41, 5.74) is 2.76. The van der Waals surface area contributed by atoms with Crippen molar-refractivity contribution in [3.63, 3.8) is 0 Å². The molecular formula is C35H36N2O5. The van der Waals surface area contributed by atoms with Gasteiger partial charge in [-0.1, -0.05) is 78.9 Å². The largest absolute Gasteiger partial charge is 0.494 e. The Morgan fingerprint density at radius 3 is 2.19 bits per heavy atom. The van der Waals surface area contributed by atoms with Crippen molar-refractivity contribution in [3.05, 3.63) is 126 Å². The molecule has 2 amide bonds. The van der Waals surface area contributed by atoms with Gasteiger partial charge in [-0.2, -0.15) is 0 Å². The first-order valence-electron chi connectivity index (χ1n) is 14.3. The molecule has 0 unspecified atom stereocenters. The van der Waals surface area contributed by atoms with Crippen LogP contribution in [0.4, 0.5) is 10.5 Å². The number of para-hydroxylation sites is 2. The Morgan fingerprint density at radius 2 is 1.48 bits per heavy atom. The molecule has 0 aromatic heterocycles. The van der Waals surface area contributed by atoms with Crippen LogP contribution in [0, 0.1) is 0 Å². The minimum Gasteiger partial charge on any atom is -0.494 e. The second kappa shape index (κ2) is 13.3. The summed E-state index contributed by atoms with van der Waals surface area (Å²) in [4.78, 5) is 29.3. The van der Waals surface area contributed by atoms with E-state index in [0.717, 1.165) is 23.2 Å². The van der Waals surface area contributed by atoms with Crippen LogP contribution in [0.15, 0.2) is 109 Å². The summed E-state index contributed by atoms with van der Waals surface area (Å²) in [6, 6.07) is 34.7. The number of carbonyl (C=O) groups is 2. The van der Waals surface area contributed by atoms with Gasteiger partial charge in [0.1, 0.15) is 11.5 Å². The van der Waals surface area contributed by atoms with Crippen LogP contribution in [-0.2, 0) is 24.2 Å². The van der Waals surface area contributed by atoms with E-state index in [1.165, 1.54) is 5.56 Å². The molecule has 0 radical (unpaired) electrons. The minimum absolute atomic E-state index is 0.0215. The lowest BCUT2D eigenvalue weighted by Gasteiger charge is -2.37. The fourth-order valence-electron chi connectivity index (χ4n) is 5.17. The van der Waals surface area contributed by atoms with Crippen LogP contribution >= 0.6 is 0 Å². The normalized spacial score (nSPS) is 14.2. The Balaban J connectivity index is 1.13. The first kappa shape index (κ1) is 28.7. The molecule has 0 bridgehead atoms. The maximum Gasteiger partial charge on any atom is 0.348 e. The molecule has 1 heterocycles. The molecule has 0 spiro atoms. The van der Waals surface area contributed by atoms with Gasteiger partial charge in [-0.3, -0.25) is 4.90 Å². The van der Waals surface area contributed by atoms with Gasteiger partial charge in [0, 0.05) is 26.1 Å². The maximum absolute atomic E-state index is 13.4. The van der Waals surface area contributed by atoms with E-state index in [4.69, 9.17) is 9.47 Å². The third-order valence-corrected chi connectivity index (χ3v) is 7.46. The standard InChI is InChI=1S/C35H36N2O5/c1-35(33(38)39,42-31-14-6-3-7-15-31)25-28-17-19-30(20-18-28)41-24-10-22-36-26-29-13-8-9-16-32(29)37(34(36)40)23-21-27-11-4-2-5-12-27/h2-9,11-20H,10,21-26H2,1H3,(H,38,39)/t35-/m0/s1. The SMILES string of the molecule is C[C@@](Cc1ccc(OCCCN2Cc3ccccc3N(CCc3ccccc3)C2=O)cc1)(Oc1ccccc1)C(=O)O. The molecule has 4 aromatic rings. The summed E-state index contributed by atoms with van der Waals surface area (Å²) < 4.78 is 11.8. The van der Waals surface area contributed by atoms with Crippen LogP contribution in [0.2, 0.25) is 0 Å². The highest BCUT2D eigenvalue weighted by molar-refractivity contribution is 5.94. The third kappa shape index (κ3) is 7.10. The summed E-state index contributed by atoms with van der Waals surface area (Å²) in [7, 11) is 0. The molecule has 1 N–H and O–H groups in total. The van der Waals surface area contributed by atoms with Crippen molar-refractivity contribution in [2.24, 2.45) is 0 Å². The number of fused-ring (bicyclic) bond motifs is 1. The highest BCUT2D eigenvalue weighted by Gasteiger charge is 2.36. The molecule has 0 aliphatic carbocycles. The number of benzene rings is 4. The van der Waals surface area contributed by atoms with Crippen LogP contribution in [0.3, 0.4) is 0 Å². The van der Waals surface area contributed by atoms with Gasteiger partial charge < -0.3 is 19.5 Å². The Labute approximate surface area is 246 Å². The summed E-state index contributed by atoms with van der Waals surface area (Å²) in [5, 5.41) is 9.85. The summed E-state index contributed by atoms with van der Waals surface area (Å²) in [5.74, 6) is 0.178. The van der Waals surface area contributed by atoms with Gasteiger partial charge in [0.2, 0.25) is 5.60 Å². The van der Waals surface area contributed by atoms with E-state index in [0.29, 0.717) is 44.2 Å². The molecule has 4 aromatic carbocycles. The number of urea groups is 1. The number of ether oxygens (including phenoxy) is 2. The van der Waals surface area contributed by atoms with Crippen molar-refractivity contribution in [1.82, 2.24) is 4.90 Å². The monoisotopic (exact) mass is 564 g/mol. The molecule has 7 nitrogen and oxygen atoms in total. The number of carboxylic acids is 1. The molecule has 0 saturated carbocycles. The number of aliphatic carboxylic acids is 1. The smallest absolute Gasteiger partial charge is 0.348 e. The van der Waals surface area contributed by atoms with E-state index < -0.39 is 11.6 Å². The van der Waals surface area contributed by atoms with Crippen molar-refractivity contribution in [2.45, 2.75) is 38.3 Å². The zero-order valence-corrected chi connectivity index (χ0v) is 23.8. The van der Waals surface area contributed by atoms with E-state index in [1.54, 1.807) is 19.1 Å². The number of carbonyl (C=O) groups excluding carboxylic acids is 1. The Hall–Kier alpha value is -4.78. The van der Waals surface area contributed by atoms with Crippen LogP contribution in [0.5, 0.6) is 11.5 Å². The first-order valence-corrected chi connectivity index (χ1v) is 14.3. The number of amides is 2. The van der Waals surface area contributed by atoms with E-state index in [-0.39, 0.29) is 12.5 Å². The molecule has 0 saturated heterocycles. The van der Waals surface area contributed by atoms with Gasteiger partial charge >= 0.3 is 12.0 Å². The average molecular weight is 565 g/mol. The van der Waals surface area contributed by atoms with Crippen LogP contribution in [0.25, 0.3) is 0 Å². The lowest BCUT2D eigenvalue weighted by Crippen LogP contribution is -2.48. The van der Waals surface area contributed by atoms with Gasteiger partial charge in [0.15, 0.2) is 0 Å². The number of anilines is 1. The number of nitrogens with zero attached hydrogens (tertiary/aromatic N) is 2. The minimum atomic E-state index is -1.40. The van der Waals surface area contributed by atoms with Crippen molar-refractivity contribution in [3.8, 4) is 11.5 Å². The quantitative estimate of drug-likeness (QED) is 0.185. The van der Waals surface area contributed by atoms with Gasteiger partial charge in [0.05, 0.1) is 12.3 Å². The second-order valence-electron chi connectivity index (χ2n) is 10.7. The fraction of sp³-hybridized carbons (Fsp3) is 0.257. The summed E-state index contributed by atoms with van der Waals surface area (Å²) in [6.45, 7) is 3.82. The van der Waals surface area contributed by atoms with Gasteiger partial charge in [-0.25, -0.2) is 9.59 Å². The number of rotatable bonds is 13. The summed E-state index contributed by atoms with van der Waals surface area (Å²) >= 11 is 0. The third-order valence-electron chi connectivity index (χ3n) is 7.46. The van der Waals surface area contributed by atoms with Crippen molar-refractivity contribution in [2.75, 3.05) is 24.6 Å². The van der Waals surface area contributed by atoms with Gasteiger partial charge in [0.25, 0.3) is 0 Å². The predicted octanol–water partition coefficient (Wildman–Crippen LogP) is 6.61. The highest BCUT2D eigenvalue weighted by atomic mass is 16.5. The fourth-order valence-corrected chi connectivity index (χ4v) is 5.17. The molecule has 5 rings (SSSR count). The van der Waals surface area contributed by atoms with E-state index in [2.05, 4.69) is 18.2 Å². The van der Waals surface area contributed by atoms with E-state index in [1.807, 2.05) is 88.7 Å². The lowest BCUT2D eigenvalue weighted by atomic mass is 9.96. The molecular weight excluding hydrogens is 528 g/mol. The molecule has 1 aliphatic heterocycles. The molecule has 1 aliphatic rings.